The number of carbonyl (C=O) groups excluding carboxylic acids is 2. The Morgan fingerprint density at radius 1 is 1.25 bits per heavy atom. The van der Waals surface area contributed by atoms with Crippen LogP contribution in [-0.4, -0.2) is 70.5 Å². The van der Waals surface area contributed by atoms with Crippen LogP contribution in [0.15, 0.2) is 12.5 Å². The van der Waals surface area contributed by atoms with Crippen LogP contribution in [0.5, 0.6) is 0 Å². The number of nitrogens with one attached hydrogen (secondary N) is 1. The number of carbonyl (C=O) groups is 2. The predicted molar refractivity (Wildman–Crippen MR) is 136 cm³/mol. The van der Waals surface area contributed by atoms with Crippen molar-refractivity contribution in [2.24, 2.45) is 17.3 Å². The molecule has 1 saturated heterocycles. The summed E-state index contributed by atoms with van der Waals surface area (Å²) in [7, 11) is 3.01. The fourth-order valence-electron chi connectivity index (χ4n) is 4.95. The number of nitrogens with zero attached hydrogens (tertiary/aromatic N) is 3. The van der Waals surface area contributed by atoms with E-state index in [0.717, 1.165) is 12.8 Å². The smallest absolute Gasteiger partial charge is 0.228 e. The number of aromatic nitrogens is 3. The van der Waals surface area contributed by atoms with Gasteiger partial charge >= 0.3 is 0 Å². The summed E-state index contributed by atoms with van der Waals surface area (Å²) < 4.78 is 18.5. The van der Waals surface area contributed by atoms with Gasteiger partial charge in [-0.3, -0.25) is 9.59 Å². The maximum absolute atomic E-state index is 13.4. The molecule has 0 saturated carbocycles. The lowest BCUT2D eigenvalue weighted by Gasteiger charge is -2.26. The zero-order chi connectivity index (χ0) is 26.8. The molecule has 0 aromatic carbocycles. The van der Waals surface area contributed by atoms with Crippen molar-refractivity contribution in [3.8, 4) is 0 Å². The minimum Gasteiger partial charge on any atom is -0.387 e. The summed E-state index contributed by atoms with van der Waals surface area (Å²) in [5.41, 5.74) is 0.722. The first-order valence-corrected chi connectivity index (χ1v) is 12.4. The molecule has 0 spiro atoms. The Hall–Kier alpha value is -2.40. The van der Waals surface area contributed by atoms with Crippen molar-refractivity contribution in [2.75, 3.05) is 26.1 Å². The number of hydrogen-bond acceptors (Lipinski definition) is 8. The monoisotopic (exact) mass is 504 g/mol. The second-order valence-electron chi connectivity index (χ2n) is 11.2. The zero-order valence-corrected chi connectivity index (χ0v) is 22.6. The van der Waals surface area contributed by atoms with Crippen LogP contribution in [0.1, 0.15) is 71.0 Å². The summed E-state index contributed by atoms with van der Waals surface area (Å²) in [6.07, 6.45) is 1.41. The molecular weight excluding hydrogens is 464 g/mol. The van der Waals surface area contributed by atoms with Gasteiger partial charge in [-0.2, -0.15) is 0 Å². The number of amides is 1. The first kappa shape index (κ1) is 28.2. The van der Waals surface area contributed by atoms with Crippen LogP contribution >= 0.6 is 0 Å². The van der Waals surface area contributed by atoms with Crippen LogP contribution in [0.4, 0.5) is 5.82 Å². The van der Waals surface area contributed by atoms with Crippen LogP contribution < -0.4 is 5.32 Å². The lowest BCUT2D eigenvalue weighted by Crippen LogP contribution is -2.35. The van der Waals surface area contributed by atoms with E-state index < -0.39 is 24.5 Å². The minimum atomic E-state index is -0.937. The number of hydrogen-bond donors (Lipinski definition) is 2. The lowest BCUT2D eigenvalue weighted by molar-refractivity contribution is -0.121. The highest BCUT2D eigenvalue weighted by molar-refractivity contribution is 6.12. The summed E-state index contributed by atoms with van der Waals surface area (Å²) in [6.45, 7) is 12.2. The molecule has 1 amide bonds. The Bertz CT molecular complexity index is 1080. The topological polar surface area (TPSA) is 125 Å². The van der Waals surface area contributed by atoms with E-state index >= 15 is 0 Å². The van der Waals surface area contributed by atoms with Gasteiger partial charge in [-0.1, -0.05) is 34.6 Å². The van der Waals surface area contributed by atoms with E-state index in [4.69, 9.17) is 14.2 Å². The van der Waals surface area contributed by atoms with Crippen molar-refractivity contribution in [3.05, 3.63) is 18.1 Å². The van der Waals surface area contributed by atoms with Crippen molar-refractivity contribution in [1.82, 2.24) is 14.5 Å². The molecule has 2 aromatic rings. The minimum absolute atomic E-state index is 0.0275. The number of methoxy groups -OCH3 is 2. The van der Waals surface area contributed by atoms with Gasteiger partial charge in [-0.25, -0.2) is 9.97 Å². The molecular formula is C26H40N4O6. The molecule has 0 aliphatic carbocycles. The first-order chi connectivity index (χ1) is 16.9. The highest BCUT2D eigenvalue weighted by Crippen LogP contribution is 2.37. The first-order valence-electron chi connectivity index (χ1n) is 12.4. The summed E-state index contributed by atoms with van der Waals surface area (Å²) >= 11 is 0. The van der Waals surface area contributed by atoms with Crippen molar-refractivity contribution < 1.29 is 28.9 Å². The Labute approximate surface area is 212 Å². The van der Waals surface area contributed by atoms with E-state index in [1.165, 1.54) is 27.5 Å². The van der Waals surface area contributed by atoms with Gasteiger partial charge in [0.05, 0.1) is 12.0 Å². The Kier molecular flexibility index (Phi) is 8.87. The van der Waals surface area contributed by atoms with Crippen LogP contribution in [0.2, 0.25) is 0 Å². The van der Waals surface area contributed by atoms with Crippen LogP contribution in [-0.2, 0) is 19.0 Å². The lowest BCUT2D eigenvalue weighted by atomic mass is 9.80. The maximum Gasteiger partial charge on any atom is 0.228 e. The van der Waals surface area contributed by atoms with E-state index in [2.05, 4.69) is 49.9 Å². The fraction of sp³-hybridized carbons (Fsp3) is 0.692. The van der Waals surface area contributed by atoms with Gasteiger partial charge in [0.25, 0.3) is 0 Å². The van der Waals surface area contributed by atoms with Crippen molar-refractivity contribution in [2.45, 2.75) is 78.9 Å². The number of ketones is 1. The van der Waals surface area contributed by atoms with Crippen molar-refractivity contribution >= 4 is 28.5 Å². The third-order valence-electron chi connectivity index (χ3n) is 6.41. The summed E-state index contributed by atoms with van der Waals surface area (Å²) in [6, 6.07) is 0. The predicted octanol–water partition coefficient (Wildman–Crippen LogP) is 3.59. The zero-order valence-electron chi connectivity index (χ0n) is 22.6. The summed E-state index contributed by atoms with van der Waals surface area (Å²) in [5.74, 6) is 0.0672. The van der Waals surface area contributed by atoms with Crippen LogP contribution in [0.25, 0.3) is 11.0 Å². The van der Waals surface area contributed by atoms with E-state index in [1.807, 2.05) is 0 Å². The Balaban J connectivity index is 2.04. The van der Waals surface area contributed by atoms with Gasteiger partial charge in [0.2, 0.25) is 5.91 Å². The van der Waals surface area contributed by atoms with Crippen LogP contribution in [0.3, 0.4) is 0 Å². The average Bonchev–Trinajstić information content (AvgIpc) is 3.31. The Morgan fingerprint density at radius 2 is 1.94 bits per heavy atom. The van der Waals surface area contributed by atoms with Crippen molar-refractivity contribution in [1.29, 1.82) is 0 Å². The van der Waals surface area contributed by atoms with E-state index in [9.17, 15) is 14.7 Å². The standard InChI is InChI=1S/C26H40N4O6/c1-14(2)9-16(10-26(4,5)6)24(33)29-22-19-17(15(3)31)11-30(23(19)28-13-27-22)25-21(35-8)20(32)18(36-25)12-34-7/h11,13-14,16,18,20-21,25,32H,9-10,12H2,1-8H3,(H,27,28,29,33)/t16?,18-,20?,21+,25-/m1/s1. The molecule has 36 heavy (non-hydrogen) atoms. The van der Waals surface area contributed by atoms with E-state index in [-0.39, 0.29) is 35.4 Å². The number of ether oxygens (including phenoxy) is 3. The number of rotatable bonds is 10. The normalized spacial score (nSPS) is 23.4. The highest BCUT2D eigenvalue weighted by atomic mass is 16.6. The third-order valence-corrected chi connectivity index (χ3v) is 6.41. The molecule has 0 bridgehead atoms. The second kappa shape index (κ2) is 11.3. The Morgan fingerprint density at radius 3 is 2.50 bits per heavy atom. The maximum atomic E-state index is 13.4. The van der Waals surface area contributed by atoms with Gasteiger partial charge in [0.1, 0.15) is 36.1 Å². The molecule has 2 N–H and O–H groups in total. The van der Waals surface area contributed by atoms with Crippen molar-refractivity contribution in [3.63, 3.8) is 0 Å². The van der Waals surface area contributed by atoms with E-state index in [0.29, 0.717) is 22.5 Å². The molecule has 3 heterocycles. The molecule has 2 aromatic heterocycles. The van der Waals surface area contributed by atoms with Gasteiger partial charge in [-0.05, 0) is 31.1 Å². The van der Waals surface area contributed by atoms with Gasteiger partial charge in [0.15, 0.2) is 12.0 Å². The van der Waals surface area contributed by atoms with E-state index in [1.54, 1.807) is 10.8 Å². The quantitative estimate of drug-likeness (QED) is 0.470. The molecule has 10 nitrogen and oxygen atoms in total. The number of Topliss-reactive ketones (excluding diaryl/α,β-unsaturated/α-hetero) is 1. The van der Waals surface area contributed by atoms with Gasteiger partial charge in [-0.15, -0.1) is 0 Å². The van der Waals surface area contributed by atoms with Gasteiger partial charge in [0, 0.05) is 31.9 Å². The summed E-state index contributed by atoms with van der Waals surface area (Å²) in [4.78, 5) is 34.8. The highest BCUT2D eigenvalue weighted by Gasteiger charge is 2.46. The molecule has 1 aliphatic heterocycles. The summed E-state index contributed by atoms with van der Waals surface area (Å²) in [5, 5.41) is 14.1. The number of aliphatic hydroxyl groups excluding tert-OH is 1. The largest absolute Gasteiger partial charge is 0.387 e. The molecule has 1 aliphatic rings. The molecule has 200 valence electrons. The fourth-order valence-corrected chi connectivity index (χ4v) is 4.95. The molecule has 5 atom stereocenters. The van der Waals surface area contributed by atoms with Crippen LogP contribution in [0, 0.1) is 17.3 Å². The molecule has 10 heteroatoms. The van der Waals surface area contributed by atoms with Gasteiger partial charge < -0.3 is 29.2 Å². The SMILES string of the molecule is COC[C@H]1O[C@@H](n2cc(C(C)=O)c3c(NC(=O)C(CC(C)C)CC(C)(C)C)ncnc32)[C@@H](OC)C1O. The molecule has 0 radical (unpaired) electrons. The third kappa shape index (κ3) is 6.11. The molecule has 2 unspecified atom stereocenters. The number of aliphatic hydroxyl groups is 1. The second-order valence-corrected chi connectivity index (χ2v) is 11.2. The molecule has 3 rings (SSSR count). The average molecular weight is 505 g/mol. The number of anilines is 1. The number of fused-ring (bicyclic) bond motifs is 1. The molecule has 1 fully saturated rings.